The van der Waals surface area contributed by atoms with E-state index in [4.69, 9.17) is 11.6 Å². The zero-order valence-electron chi connectivity index (χ0n) is 13.6. The number of carbonyl (C=O) groups is 1. The van der Waals surface area contributed by atoms with Gasteiger partial charge in [0.2, 0.25) is 5.91 Å². The molecule has 4 heteroatoms. The molecule has 2 aromatic carbocycles. The van der Waals surface area contributed by atoms with Gasteiger partial charge in [-0.15, -0.1) is 0 Å². The number of carbonyl (C=O) groups excluding carboxylic acids is 1. The van der Waals surface area contributed by atoms with Crippen molar-refractivity contribution in [3.8, 4) is 0 Å². The number of amides is 1. The summed E-state index contributed by atoms with van der Waals surface area (Å²) < 4.78 is 0. The van der Waals surface area contributed by atoms with E-state index in [1.165, 1.54) is 11.1 Å². The number of benzene rings is 2. The number of halogens is 1. The van der Waals surface area contributed by atoms with Crippen molar-refractivity contribution in [2.24, 2.45) is 0 Å². The lowest BCUT2D eigenvalue weighted by Crippen LogP contribution is -2.36. The Bertz CT molecular complexity index is 640. The Kier molecular flexibility index (Phi) is 6.63. The van der Waals surface area contributed by atoms with Gasteiger partial charge in [-0.3, -0.25) is 4.79 Å². The topological polar surface area (TPSA) is 41.1 Å². The molecular formula is C19H23ClN2O. The number of hydrogen-bond acceptors (Lipinski definition) is 2. The third-order valence-corrected chi connectivity index (χ3v) is 4.17. The third-order valence-electron chi connectivity index (χ3n) is 3.92. The fraction of sp³-hybridized carbons (Fsp3) is 0.316. The van der Waals surface area contributed by atoms with Gasteiger partial charge in [-0.2, -0.15) is 0 Å². The van der Waals surface area contributed by atoms with Crippen LogP contribution < -0.4 is 10.6 Å². The molecular weight excluding hydrogens is 308 g/mol. The van der Waals surface area contributed by atoms with Gasteiger partial charge < -0.3 is 10.6 Å². The lowest BCUT2D eigenvalue weighted by Gasteiger charge is -2.14. The van der Waals surface area contributed by atoms with Gasteiger partial charge in [0, 0.05) is 17.6 Å². The Labute approximate surface area is 143 Å². The SMILES string of the molecule is Cc1ccccc1CCNC(=O)CN[C@@H](C)c1ccc(Cl)cc1. The van der Waals surface area contributed by atoms with E-state index in [1.807, 2.05) is 43.3 Å². The van der Waals surface area contributed by atoms with Gasteiger partial charge in [-0.05, 0) is 49.1 Å². The first kappa shape index (κ1) is 17.5. The Morgan fingerprint density at radius 2 is 1.83 bits per heavy atom. The highest BCUT2D eigenvalue weighted by Crippen LogP contribution is 2.15. The molecule has 3 nitrogen and oxygen atoms in total. The van der Waals surface area contributed by atoms with Crippen LogP contribution in [0.2, 0.25) is 5.02 Å². The van der Waals surface area contributed by atoms with E-state index in [9.17, 15) is 4.79 Å². The smallest absolute Gasteiger partial charge is 0.233 e. The van der Waals surface area contributed by atoms with Gasteiger partial charge >= 0.3 is 0 Å². The molecule has 0 spiro atoms. The molecule has 0 bridgehead atoms. The quantitative estimate of drug-likeness (QED) is 0.813. The molecule has 2 rings (SSSR count). The first-order chi connectivity index (χ1) is 11.1. The van der Waals surface area contributed by atoms with Crippen LogP contribution in [-0.4, -0.2) is 19.0 Å². The van der Waals surface area contributed by atoms with E-state index in [0.29, 0.717) is 13.1 Å². The van der Waals surface area contributed by atoms with E-state index >= 15 is 0 Å². The maximum atomic E-state index is 11.9. The number of aryl methyl sites for hydroxylation is 1. The molecule has 2 aromatic rings. The monoisotopic (exact) mass is 330 g/mol. The molecule has 0 aromatic heterocycles. The minimum Gasteiger partial charge on any atom is -0.355 e. The van der Waals surface area contributed by atoms with Crippen LogP contribution in [-0.2, 0) is 11.2 Å². The second kappa shape index (κ2) is 8.70. The molecule has 23 heavy (non-hydrogen) atoms. The van der Waals surface area contributed by atoms with Gasteiger partial charge in [0.25, 0.3) is 0 Å². The van der Waals surface area contributed by atoms with Crippen LogP contribution in [0.4, 0.5) is 0 Å². The molecule has 0 saturated carbocycles. The van der Waals surface area contributed by atoms with Crippen molar-refractivity contribution < 1.29 is 4.79 Å². The third kappa shape index (κ3) is 5.70. The Morgan fingerprint density at radius 1 is 1.13 bits per heavy atom. The molecule has 0 fully saturated rings. The van der Waals surface area contributed by atoms with Crippen LogP contribution >= 0.6 is 11.6 Å². The summed E-state index contributed by atoms with van der Waals surface area (Å²) in [5.41, 5.74) is 3.65. The van der Waals surface area contributed by atoms with E-state index in [-0.39, 0.29) is 11.9 Å². The summed E-state index contributed by atoms with van der Waals surface area (Å²) in [5.74, 6) is 0.0133. The van der Waals surface area contributed by atoms with E-state index in [2.05, 4.69) is 29.7 Å². The maximum absolute atomic E-state index is 11.9. The van der Waals surface area contributed by atoms with Crippen LogP contribution in [0.15, 0.2) is 48.5 Å². The van der Waals surface area contributed by atoms with Crippen molar-refractivity contribution in [3.05, 3.63) is 70.2 Å². The molecule has 0 saturated heterocycles. The normalized spacial score (nSPS) is 12.0. The van der Waals surface area contributed by atoms with Crippen LogP contribution in [0.5, 0.6) is 0 Å². The summed E-state index contributed by atoms with van der Waals surface area (Å²) in [7, 11) is 0. The number of rotatable bonds is 7. The minimum absolute atomic E-state index is 0.0133. The molecule has 1 amide bonds. The van der Waals surface area contributed by atoms with Crippen LogP contribution in [0.1, 0.15) is 29.7 Å². The summed E-state index contributed by atoms with van der Waals surface area (Å²) in [5, 5.41) is 6.89. The molecule has 0 aliphatic carbocycles. The highest BCUT2D eigenvalue weighted by Gasteiger charge is 2.07. The molecule has 1 atom stereocenters. The molecule has 0 heterocycles. The molecule has 0 unspecified atom stereocenters. The fourth-order valence-corrected chi connectivity index (χ4v) is 2.53. The van der Waals surface area contributed by atoms with Gasteiger partial charge in [0.1, 0.15) is 0 Å². The first-order valence-electron chi connectivity index (χ1n) is 7.86. The van der Waals surface area contributed by atoms with Crippen molar-refractivity contribution in [1.29, 1.82) is 0 Å². The lowest BCUT2D eigenvalue weighted by atomic mass is 10.1. The van der Waals surface area contributed by atoms with Crippen molar-refractivity contribution >= 4 is 17.5 Å². The van der Waals surface area contributed by atoms with Gasteiger partial charge in [-0.1, -0.05) is 48.0 Å². The van der Waals surface area contributed by atoms with Crippen LogP contribution in [0.25, 0.3) is 0 Å². The highest BCUT2D eigenvalue weighted by molar-refractivity contribution is 6.30. The van der Waals surface area contributed by atoms with Crippen molar-refractivity contribution in [3.63, 3.8) is 0 Å². The first-order valence-corrected chi connectivity index (χ1v) is 8.24. The van der Waals surface area contributed by atoms with Crippen LogP contribution in [0.3, 0.4) is 0 Å². The van der Waals surface area contributed by atoms with Crippen molar-refractivity contribution in [2.75, 3.05) is 13.1 Å². The number of nitrogens with one attached hydrogen (secondary N) is 2. The Hall–Kier alpha value is -1.84. The second-order valence-electron chi connectivity index (χ2n) is 5.68. The molecule has 122 valence electrons. The van der Waals surface area contributed by atoms with Crippen molar-refractivity contribution in [1.82, 2.24) is 10.6 Å². The molecule has 0 radical (unpaired) electrons. The predicted molar refractivity (Wildman–Crippen MR) is 95.8 cm³/mol. The molecule has 2 N–H and O–H groups in total. The zero-order valence-corrected chi connectivity index (χ0v) is 14.4. The average molecular weight is 331 g/mol. The Balaban J connectivity index is 1.71. The van der Waals surface area contributed by atoms with Gasteiger partial charge in [-0.25, -0.2) is 0 Å². The molecule has 0 aliphatic rings. The highest BCUT2D eigenvalue weighted by atomic mass is 35.5. The number of hydrogen-bond donors (Lipinski definition) is 2. The largest absolute Gasteiger partial charge is 0.355 e. The summed E-state index contributed by atoms with van der Waals surface area (Å²) in [4.78, 5) is 11.9. The van der Waals surface area contributed by atoms with Crippen molar-refractivity contribution in [2.45, 2.75) is 26.3 Å². The summed E-state index contributed by atoms with van der Waals surface area (Å²) in [6.45, 7) is 5.08. The summed E-state index contributed by atoms with van der Waals surface area (Å²) in [6.07, 6.45) is 0.852. The Morgan fingerprint density at radius 3 is 2.52 bits per heavy atom. The molecule has 0 aliphatic heterocycles. The zero-order chi connectivity index (χ0) is 16.7. The summed E-state index contributed by atoms with van der Waals surface area (Å²) >= 11 is 5.88. The lowest BCUT2D eigenvalue weighted by molar-refractivity contribution is -0.120. The van der Waals surface area contributed by atoms with Crippen LogP contribution in [0, 0.1) is 6.92 Å². The minimum atomic E-state index is 0.0133. The van der Waals surface area contributed by atoms with Gasteiger partial charge in [0.05, 0.1) is 6.54 Å². The second-order valence-corrected chi connectivity index (χ2v) is 6.12. The summed E-state index contributed by atoms with van der Waals surface area (Å²) in [6, 6.07) is 16.0. The predicted octanol–water partition coefficient (Wildman–Crippen LogP) is 3.66. The standard InChI is InChI=1S/C19H23ClN2O/c1-14-5-3-4-6-16(14)11-12-21-19(23)13-22-15(2)17-7-9-18(20)10-8-17/h3-10,15,22H,11-13H2,1-2H3,(H,21,23)/t15-/m0/s1. The van der Waals surface area contributed by atoms with E-state index < -0.39 is 0 Å². The maximum Gasteiger partial charge on any atom is 0.233 e. The fourth-order valence-electron chi connectivity index (χ4n) is 2.40. The van der Waals surface area contributed by atoms with Gasteiger partial charge in [0.15, 0.2) is 0 Å². The average Bonchev–Trinajstić information content (AvgIpc) is 2.55. The van der Waals surface area contributed by atoms with E-state index in [0.717, 1.165) is 17.0 Å². The van der Waals surface area contributed by atoms with E-state index in [1.54, 1.807) is 0 Å².